The second-order valence-corrected chi connectivity index (χ2v) is 19.6. The van der Waals surface area contributed by atoms with Crippen LogP contribution in [0.2, 0.25) is 0 Å². The minimum absolute atomic E-state index is 0. The lowest BCUT2D eigenvalue weighted by Gasteiger charge is -2.44. The first-order valence-corrected chi connectivity index (χ1v) is 23.5. The Kier molecular flexibility index (Phi) is 23.8. The van der Waals surface area contributed by atoms with Gasteiger partial charge in [-0.1, -0.05) is 63.8 Å². The summed E-state index contributed by atoms with van der Waals surface area (Å²) in [6, 6.07) is 0. The second-order valence-electron chi connectivity index (χ2n) is 19.6. The molecule has 0 N–H and O–H groups in total. The molecule has 2 atom stereocenters. The van der Waals surface area contributed by atoms with Crippen molar-refractivity contribution >= 4 is 11.4 Å². The summed E-state index contributed by atoms with van der Waals surface area (Å²) in [5.74, 6) is -0.739. The molecule has 1 fully saturated rings. The number of rotatable bonds is 26. The molecule has 2 aromatic rings. The number of quaternary nitrogens is 2. The van der Waals surface area contributed by atoms with E-state index < -0.39 is 23.8 Å². The van der Waals surface area contributed by atoms with Crippen LogP contribution in [-0.2, 0) is 51.1 Å². The molecule has 0 amide bonds. The van der Waals surface area contributed by atoms with E-state index in [1.54, 1.807) is 0 Å². The van der Waals surface area contributed by atoms with Crippen LogP contribution in [0.15, 0.2) is 49.1 Å². The van der Waals surface area contributed by atoms with Gasteiger partial charge in [0.05, 0.1) is 110 Å². The van der Waals surface area contributed by atoms with Crippen molar-refractivity contribution in [2.75, 3.05) is 81.3 Å². The minimum atomic E-state index is -0.739. The van der Waals surface area contributed by atoms with Gasteiger partial charge in [0, 0.05) is 23.5 Å². The first kappa shape index (κ1) is 56.3. The Bertz CT molecular complexity index is 1600. The Balaban J connectivity index is 0.00000544. The molecule has 5 heterocycles. The zero-order valence-electron chi connectivity index (χ0n) is 40.7. The molecule has 0 saturated carbocycles. The van der Waals surface area contributed by atoms with Crippen LogP contribution in [0.1, 0.15) is 152 Å². The number of allylic oxidation sites excluding steroid dienone is 2. The fourth-order valence-electron chi connectivity index (χ4n) is 8.56. The Morgan fingerprint density at radius 3 is 1.42 bits per heavy atom. The molecule has 0 radical (unpaired) electrons. The van der Waals surface area contributed by atoms with Crippen molar-refractivity contribution in [1.29, 1.82) is 0 Å². The first-order valence-electron chi connectivity index (χ1n) is 23.5. The molecule has 1 saturated heterocycles. The van der Waals surface area contributed by atoms with Gasteiger partial charge in [0.1, 0.15) is 0 Å². The summed E-state index contributed by atoms with van der Waals surface area (Å²) in [4.78, 5) is 9.35. The third-order valence-corrected chi connectivity index (χ3v) is 13.0. The smallest absolute Gasteiger partial charge is 0.192 e. The number of aromatic nitrogens is 2. The maximum atomic E-state index is 6.87. The highest BCUT2D eigenvalue weighted by molar-refractivity contribution is 5.53. The predicted octanol–water partition coefficient (Wildman–Crippen LogP) is 4.74. The molecule has 12 nitrogen and oxygen atoms in total. The van der Waals surface area contributed by atoms with Gasteiger partial charge in [0.25, 0.3) is 0 Å². The Labute approximate surface area is 398 Å². The number of unbranched alkanes of at least 4 members (excludes halogenated alkanes) is 8. The first-order chi connectivity index (χ1) is 29.7. The molecule has 5 rings (SSSR count). The van der Waals surface area contributed by atoms with Crippen LogP contribution in [0.5, 0.6) is 0 Å². The van der Waals surface area contributed by atoms with E-state index in [0.717, 1.165) is 85.2 Å². The number of pyridine rings is 2. The molecule has 14 heteroatoms. The van der Waals surface area contributed by atoms with E-state index in [9.17, 15) is 0 Å². The number of hydrogen-bond acceptors (Lipinski definition) is 10. The van der Waals surface area contributed by atoms with Crippen LogP contribution < -0.4 is 33.8 Å². The maximum Gasteiger partial charge on any atom is 0.192 e. The summed E-state index contributed by atoms with van der Waals surface area (Å²) in [6.07, 6.45) is 22.7. The van der Waals surface area contributed by atoms with Crippen molar-refractivity contribution in [3.63, 3.8) is 0 Å². The van der Waals surface area contributed by atoms with Crippen molar-refractivity contribution in [2.24, 2.45) is 5.41 Å². The molecule has 2 unspecified atom stereocenters. The van der Waals surface area contributed by atoms with E-state index in [-0.39, 0.29) is 51.6 Å². The van der Waals surface area contributed by atoms with Crippen molar-refractivity contribution in [2.45, 2.75) is 149 Å². The molecular formula is C50H82Cl2N4O8. The van der Waals surface area contributed by atoms with Crippen molar-refractivity contribution in [1.82, 2.24) is 18.9 Å². The summed E-state index contributed by atoms with van der Waals surface area (Å²) in [5.41, 5.74) is 8.08. The number of nitrogens with zero attached hydrogens (tertiary/aromatic N) is 4. The fourth-order valence-corrected chi connectivity index (χ4v) is 8.56. The minimum Gasteiger partial charge on any atom is -1.00 e. The number of ether oxygens (including phenoxy) is 8. The lowest BCUT2D eigenvalue weighted by molar-refractivity contribution is -0.316. The van der Waals surface area contributed by atoms with Gasteiger partial charge in [-0.25, -0.2) is 0 Å². The Morgan fingerprint density at radius 1 is 0.625 bits per heavy atom. The lowest BCUT2D eigenvalue weighted by atomic mass is 9.90. The molecular weight excluding hydrogens is 855 g/mol. The van der Waals surface area contributed by atoms with Crippen LogP contribution in [0, 0.1) is 5.41 Å². The Morgan fingerprint density at radius 2 is 1.02 bits per heavy atom. The van der Waals surface area contributed by atoms with Gasteiger partial charge >= 0.3 is 0 Å². The lowest BCUT2D eigenvalue weighted by Crippen LogP contribution is -3.00. The molecule has 0 spiro atoms. The number of hydrogen-bond donors (Lipinski definition) is 0. The van der Waals surface area contributed by atoms with Gasteiger partial charge in [0.2, 0.25) is 0 Å². The summed E-state index contributed by atoms with van der Waals surface area (Å²) in [7, 11) is 8.99. The molecule has 2 aromatic heterocycles. The highest BCUT2D eigenvalue weighted by Gasteiger charge is 2.44. The van der Waals surface area contributed by atoms with Crippen LogP contribution >= 0.6 is 0 Å². The van der Waals surface area contributed by atoms with E-state index in [1.807, 2.05) is 38.6 Å². The average molecular weight is 938 g/mol. The van der Waals surface area contributed by atoms with Gasteiger partial charge in [-0.15, -0.1) is 0 Å². The topological polar surface area (TPSA) is 99.6 Å². The highest BCUT2D eigenvalue weighted by atomic mass is 35.5. The van der Waals surface area contributed by atoms with Crippen LogP contribution in [0.25, 0.3) is 0 Å². The molecule has 3 aliphatic heterocycles. The van der Waals surface area contributed by atoms with E-state index in [2.05, 4.69) is 65.2 Å². The van der Waals surface area contributed by atoms with E-state index >= 15 is 0 Å². The van der Waals surface area contributed by atoms with Crippen LogP contribution in [-0.4, -0.2) is 97.0 Å². The normalized spacial score (nSPS) is 19.6. The number of halogens is 2. The second kappa shape index (κ2) is 27.1. The zero-order chi connectivity index (χ0) is 44.6. The van der Waals surface area contributed by atoms with E-state index in [1.165, 1.54) is 62.5 Å². The summed E-state index contributed by atoms with van der Waals surface area (Å²) in [5, 5.41) is 0. The van der Waals surface area contributed by atoms with Gasteiger partial charge in [-0.2, -0.15) is 0 Å². The quantitative estimate of drug-likeness (QED) is 0.0748. The van der Waals surface area contributed by atoms with Crippen LogP contribution in [0.3, 0.4) is 0 Å². The third kappa shape index (κ3) is 16.6. The van der Waals surface area contributed by atoms with Crippen molar-refractivity contribution in [3.8, 4) is 0 Å². The molecule has 0 aromatic carbocycles. The molecule has 0 bridgehead atoms. The SMILES string of the molecule is C=C(CC)CCCCCCC[N+](C)(C)c1cncc2c1C(OCC1(COC3OCOCc4cncc([N+](C)(C)CCCCCCCC(=C)CC)c43)COC(C)(C)OC1)OCOC2.[Cl-].[Cl-]. The predicted molar refractivity (Wildman–Crippen MR) is 247 cm³/mol. The number of fused-ring (bicyclic) bond motifs is 2. The largest absolute Gasteiger partial charge is 1.00 e. The molecule has 3 aliphatic rings. The molecule has 64 heavy (non-hydrogen) atoms. The standard InChI is InChI=1S/C50H82N4O8.2ClH/c1-11-39(3)23-19-15-13-17-21-25-53(7,8)43-29-51-27-41-31-55-37-59-47(45(41)43)57-33-50(35-61-49(5,6)62-36-50)34-58-48-46-42(32-56-38-60-48)28-52-30-44(46)54(9,10)26-22-18-14-16-20-24-40(4)12-2;;/h27-30,47-48H,3-4,11-26,31-38H2,1-2,5-10H3;2*1H/q+2;;/p-2. The van der Waals surface area contributed by atoms with Crippen molar-refractivity contribution < 1.29 is 62.7 Å². The fraction of sp³-hybridized carbons (Fsp3) is 0.720. The van der Waals surface area contributed by atoms with Crippen molar-refractivity contribution in [3.05, 3.63) is 71.3 Å². The summed E-state index contributed by atoms with van der Waals surface area (Å²) >= 11 is 0. The van der Waals surface area contributed by atoms with Gasteiger partial charge in [0.15, 0.2) is 43.3 Å². The van der Waals surface area contributed by atoms with Crippen LogP contribution in [0.4, 0.5) is 11.4 Å². The van der Waals surface area contributed by atoms with Gasteiger partial charge < -0.3 is 62.7 Å². The summed E-state index contributed by atoms with van der Waals surface area (Å²) in [6.45, 7) is 20.8. The average Bonchev–Trinajstić information content (AvgIpc) is 3.61. The zero-order valence-corrected chi connectivity index (χ0v) is 42.2. The molecule has 0 aliphatic carbocycles. The highest BCUT2D eigenvalue weighted by Crippen LogP contribution is 2.41. The van der Waals surface area contributed by atoms with Gasteiger partial charge in [-0.05, 0) is 78.1 Å². The summed E-state index contributed by atoms with van der Waals surface area (Å²) < 4.78 is 52.3. The molecule has 364 valence electrons. The van der Waals surface area contributed by atoms with E-state index in [0.29, 0.717) is 35.4 Å². The monoisotopic (exact) mass is 937 g/mol. The third-order valence-electron chi connectivity index (χ3n) is 13.0. The van der Waals surface area contributed by atoms with Gasteiger partial charge in [-0.3, -0.25) is 18.9 Å². The van der Waals surface area contributed by atoms with E-state index in [4.69, 9.17) is 37.9 Å². The Hall–Kier alpha value is -2.04. The maximum absolute atomic E-state index is 6.87.